The molecule has 1 amide bonds. The molecule has 0 bridgehead atoms. The summed E-state index contributed by atoms with van der Waals surface area (Å²) in [5, 5.41) is 7.56. The minimum absolute atomic E-state index is 0.0718. The number of fused-ring (bicyclic) bond motifs is 3. The predicted octanol–water partition coefficient (Wildman–Crippen LogP) is 1.37. The second-order valence-electron chi connectivity index (χ2n) is 7.84. The standard InChI is InChI=1S/C20H30N6O/c1-24-10-12-25(13-11-24)9-8-21-20(27)17-15-23-26-18-7-5-3-2-4-6-16(18)14-22-19(17)26/h14-15H,2-13H2,1H3,(H,21,27). The van der Waals surface area contributed by atoms with Crippen molar-refractivity contribution in [3.8, 4) is 0 Å². The number of amides is 1. The van der Waals surface area contributed by atoms with Gasteiger partial charge in [-0.1, -0.05) is 12.8 Å². The Morgan fingerprint density at radius 3 is 2.67 bits per heavy atom. The van der Waals surface area contributed by atoms with E-state index in [2.05, 4.69) is 32.2 Å². The lowest BCUT2D eigenvalue weighted by Crippen LogP contribution is -2.46. The molecule has 7 nitrogen and oxygen atoms in total. The van der Waals surface area contributed by atoms with Gasteiger partial charge in [-0.2, -0.15) is 5.10 Å². The molecule has 2 aromatic heterocycles. The van der Waals surface area contributed by atoms with Crippen LogP contribution in [0.3, 0.4) is 0 Å². The van der Waals surface area contributed by atoms with E-state index >= 15 is 0 Å². The second kappa shape index (κ2) is 8.35. The quantitative estimate of drug-likeness (QED) is 0.880. The SMILES string of the molecule is CN1CCN(CCNC(=O)c2cnn3c4c(cnc23)CCCCCC4)CC1. The van der Waals surface area contributed by atoms with Crippen LogP contribution >= 0.6 is 0 Å². The molecule has 0 radical (unpaired) electrons. The molecule has 0 atom stereocenters. The summed E-state index contributed by atoms with van der Waals surface area (Å²) < 4.78 is 1.90. The summed E-state index contributed by atoms with van der Waals surface area (Å²) >= 11 is 0. The lowest BCUT2D eigenvalue weighted by atomic mass is 9.98. The molecule has 1 saturated heterocycles. The number of hydrogen-bond acceptors (Lipinski definition) is 5. The van der Waals surface area contributed by atoms with E-state index in [1.807, 2.05) is 10.7 Å². The smallest absolute Gasteiger partial charge is 0.256 e. The first-order chi connectivity index (χ1) is 13.2. The highest BCUT2D eigenvalue weighted by atomic mass is 16.1. The van der Waals surface area contributed by atoms with E-state index in [1.165, 1.54) is 36.9 Å². The van der Waals surface area contributed by atoms with Crippen LogP contribution in [0.15, 0.2) is 12.4 Å². The van der Waals surface area contributed by atoms with Gasteiger partial charge in [-0.15, -0.1) is 0 Å². The molecule has 1 fully saturated rings. The topological polar surface area (TPSA) is 65.8 Å². The van der Waals surface area contributed by atoms with Crippen LogP contribution in [0.5, 0.6) is 0 Å². The van der Waals surface area contributed by atoms with Gasteiger partial charge in [0.1, 0.15) is 5.56 Å². The normalized spacial score (nSPS) is 19.4. The second-order valence-corrected chi connectivity index (χ2v) is 7.84. The summed E-state index contributed by atoms with van der Waals surface area (Å²) in [5.74, 6) is -0.0718. The van der Waals surface area contributed by atoms with E-state index in [0.717, 1.165) is 45.6 Å². The van der Waals surface area contributed by atoms with Crippen LogP contribution in [0.1, 0.15) is 47.3 Å². The monoisotopic (exact) mass is 370 g/mol. The summed E-state index contributed by atoms with van der Waals surface area (Å²) in [6, 6.07) is 0. The summed E-state index contributed by atoms with van der Waals surface area (Å²) in [6.07, 6.45) is 10.7. The minimum Gasteiger partial charge on any atom is -0.351 e. The molecule has 146 valence electrons. The van der Waals surface area contributed by atoms with Gasteiger partial charge in [0.25, 0.3) is 5.91 Å². The van der Waals surface area contributed by atoms with E-state index < -0.39 is 0 Å². The third kappa shape index (κ3) is 4.14. The van der Waals surface area contributed by atoms with Crippen molar-refractivity contribution in [1.29, 1.82) is 0 Å². The van der Waals surface area contributed by atoms with E-state index in [4.69, 9.17) is 0 Å². The maximum atomic E-state index is 12.7. The summed E-state index contributed by atoms with van der Waals surface area (Å²) in [4.78, 5) is 22.0. The molecule has 0 saturated carbocycles. The third-order valence-corrected chi connectivity index (χ3v) is 5.88. The van der Waals surface area contributed by atoms with E-state index in [0.29, 0.717) is 17.8 Å². The van der Waals surface area contributed by atoms with E-state index in [9.17, 15) is 4.79 Å². The van der Waals surface area contributed by atoms with Crippen LogP contribution in [-0.2, 0) is 12.8 Å². The number of nitrogens with zero attached hydrogens (tertiary/aromatic N) is 5. The molecule has 27 heavy (non-hydrogen) atoms. The maximum absolute atomic E-state index is 12.7. The molecular formula is C20H30N6O. The highest BCUT2D eigenvalue weighted by Gasteiger charge is 2.19. The Balaban J connectivity index is 1.42. The lowest BCUT2D eigenvalue weighted by Gasteiger charge is -2.32. The molecule has 1 aliphatic carbocycles. The van der Waals surface area contributed by atoms with Crippen LogP contribution in [0.2, 0.25) is 0 Å². The fourth-order valence-electron chi connectivity index (χ4n) is 4.10. The van der Waals surface area contributed by atoms with Crippen molar-refractivity contribution in [1.82, 2.24) is 29.7 Å². The molecule has 3 heterocycles. The molecule has 0 spiro atoms. The van der Waals surface area contributed by atoms with Gasteiger partial charge in [-0.05, 0) is 38.3 Å². The predicted molar refractivity (Wildman–Crippen MR) is 105 cm³/mol. The van der Waals surface area contributed by atoms with E-state index in [1.54, 1.807) is 6.20 Å². The third-order valence-electron chi connectivity index (χ3n) is 5.88. The number of aryl methyl sites for hydroxylation is 2. The molecule has 4 rings (SSSR count). The minimum atomic E-state index is -0.0718. The number of hydrogen-bond donors (Lipinski definition) is 1. The first-order valence-corrected chi connectivity index (χ1v) is 10.3. The van der Waals surface area contributed by atoms with Crippen molar-refractivity contribution in [3.63, 3.8) is 0 Å². The van der Waals surface area contributed by atoms with Gasteiger partial charge < -0.3 is 10.2 Å². The number of likely N-dealkylation sites (N-methyl/N-ethyl adjacent to an activating group) is 1. The average molecular weight is 371 g/mol. The Labute approximate surface area is 160 Å². The molecular weight excluding hydrogens is 340 g/mol. The van der Waals surface area contributed by atoms with Gasteiger partial charge in [0.15, 0.2) is 5.65 Å². The fourth-order valence-corrected chi connectivity index (χ4v) is 4.10. The van der Waals surface area contributed by atoms with Crippen molar-refractivity contribution >= 4 is 11.6 Å². The average Bonchev–Trinajstić information content (AvgIpc) is 3.08. The Morgan fingerprint density at radius 2 is 1.85 bits per heavy atom. The van der Waals surface area contributed by atoms with Crippen LogP contribution < -0.4 is 5.32 Å². The number of rotatable bonds is 4. The first kappa shape index (κ1) is 18.4. The Bertz CT molecular complexity index is 793. The number of carbonyl (C=O) groups is 1. The van der Waals surface area contributed by atoms with Crippen LogP contribution in [0.25, 0.3) is 5.65 Å². The van der Waals surface area contributed by atoms with Crippen LogP contribution in [0.4, 0.5) is 0 Å². The number of aromatic nitrogens is 3. The molecule has 7 heteroatoms. The van der Waals surface area contributed by atoms with Gasteiger partial charge in [0.05, 0.1) is 6.20 Å². The zero-order chi connectivity index (χ0) is 18.6. The summed E-state index contributed by atoms with van der Waals surface area (Å²) in [7, 11) is 2.15. The lowest BCUT2D eigenvalue weighted by molar-refractivity contribution is 0.0942. The van der Waals surface area contributed by atoms with E-state index in [-0.39, 0.29) is 5.91 Å². The molecule has 2 aromatic rings. The maximum Gasteiger partial charge on any atom is 0.256 e. The highest BCUT2D eigenvalue weighted by molar-refractivity contribution is 5.99. The fraction of sp³-hybridized carbons (Fsp3) is 0.650. The van der Waals surface area contributed by atoms with Crippen LogP contribution in [-0.4, -0.2) is 76.6 Å². The Morgan fingerprint density at radius 1 is 1.07 bits per heavy atom. The van der Waals surface area contributed by atoms with Gasteiger partial charge in [-0.25, -0.2) is 9.50 Å². The zero-order valence-electron chi connectivity index (χ0n) is 16.3. The number of nitrogens with one attached hydrogen (secondary N) is 1. The number of carbonyl (C=O) groups excluding carboxylic acids is 1. The largest absolute Gasteiger partial charge is 0.351 e. The zero-order valence-corrected chi connectivity index (χ0v) is 16.3. The van der Waals surface area contributed by atoms with Gasteiger partial charge in [-0.3, -0.25) is 9.69 Å². The molecule has 0 aromatic carbocycles. The van der Waals surface area contributed by atoms with Gasteiger partial charge in [0.2, 0.25) is 0 Å². The molecule has 1 N–H and O–H groups in total. The van der Waals surface area contributed by atoms with Crippen molar-refractivity contribution in [2.45, 2.75) is 38.5 Å². The van der Waals surface area contributed by atoms with Crippen molar-refractivity contribution in [2.75, 3.05) is 46.3 Å². The first-order valence-electron chi connectivity index (χ1n) is 10.3. The Kier molecular flexibility index (Phi) is 5.69. The van der Waals surface area contributed by atoms with Crippen molar-refractivity contribution < 1.29 is 4.79 Å². The number of piperazine rings is 1. The summed E-state index contributed by atoms with van der Waals surface area (Å²) in [6.45, 7) is 5.87. The summed E-state index contributed by atoms with van der Waals surface area (Å²) in [5.41, 5.74) is 3.79. The van der Waals surface area contributed by atoms with Gasteiger partial charge >= 0.3 is 0 Å². The van der Waals surface area contributed by atoms with Crippen LogP contribution in [0, 0.1) is 0 Å². The molecule has 2 aliphatic rings. The van der Waals surface area contributed by atoms with Crippen molar-refractivity contribution in [3.05, 3.63) is 29.2 Å². The highest BCUT2D eigenvalue weighted by Crippen LogP contribution is 2.21. The van der Waals surface area contributed by atoms with Crippen molar-refractivity contribution in [2.24, 2.45) is 0 Å². The Hall–Kier alpha value is -1.99. The molecule has 1 aliphatic heterocycles. The molecule has 0 unspecified atom stereocenters. The van der Waals surface area contributed by atoms with Gasteiger partial charge in [0, 0.05) is 51.2 Å².